The van der Waals surface area contributed by atoms with Gasteiger partial charge in [0.2, 0.25) is 5.95 Å². The molecule has 6 nitrogen and oxygen atoms in total. The third-order valence-electron chi connectivity index (χ3n) is 5.07. The molecule has 1 fully saturated rings. The molecule has 0 bridgehead atoms. The van der Waals surface area contributed by atoms with Crippen LogP contribution in [0.25, 0.3) is 21.5 Å². The Kier molecular flexibility index (Phi) is 4.01. The molecule has 5 rings (SSSR count). The van der Waals surface area contributed by atoms with Gasteiger partial charge in [-0.1, -0.05) is 12.1 Å². The fourth-order valence-corrected chi connectivity index (χ4v) is 4.27. The Morgan fingerprint density at radius 1 is 1.25 bits per heavy atom. The third kappa shape index (κ3) is 3.09. The van der Waals surface area contributed by atoms with Crippen molar-refractivity contribution < 1.29 is 4.39 Å². The molecule has 28 heavy (non-hydrogen) atoms. The summed E-state index contributed by atoms with van der Waals surface area (Å²) in [5.74, 6) is 1.23. The summed E-state index contributed by atoms with van der Waals surface area (Å²) in [5.41, 5.74) is 10.2. The van der Waals surface area contributed by atoms with Crippen LogP contribution in [0.4, 0.5) is 16.2 Å². The fraction of sp³-hybridized carbons (Fsp3) is 0.250. The summed E-state index contributed by atoms with van der Waals surface area (Å²) in [7, 11) is 0. The number of fused-ring (bicyclic) bond motifs is 1. The number of hydrogen-bond donors (Lipinski definition) is 3. The minimum Gasteiger partial charge on any atom is -0.383 e. The van der Waals surface area contributed by atoms with Crippen molar-refractivity contribution in [3.63, 3.8) is 0 Å². The van der Waals surface area contributed by atoms with E-state index in [9.17, 15) is 4.39 Å². The first-order valence-electron chi connectivity index (χ1n) is 9.21. The fourth-order valence-electron chi connectivity index (χ4n) is 3.33. The molecular weight excluding hydrogens is 375 g/mol. The Bertz CT molecular complexity index is 1150. The minimum atomic E-state index is -0.257. The molecule has 1 saturated carbocycles. The van der Waals surface area contributed by atoms with Crippen molar-refractivity contribution in [2.75, 3.05) is 11.1 Å². The third-order valence-corrected chi connectivity index (χ3v) is 5.94. The van der Waals surface area contributed by atoms with Crippen LogP contribution in [-0.2, 0) is 0 Å². The first-order chi connectivity index (χ1) is 13.6. The molecule has 1 aromatic carbocycles. The van der Waals surface area contributed by atoms with E-state index in [1.807, 2.05) is 12.3 Å². The van der Waals surface area contributed by atoms with Gasteiger partial charge in [0.05, 0.1) is 17.1 Å². The van der Waals surface area contributed by atoms with Crippen LogP contribution in [0.2, 0.25) is 0 Å². The van der Waals surface area contributed by atoms with Gasteiger partial charge in [-0.2, -0.15) is 10.1 Å². The second-order valence-corrected chi connectivity index (χ2v) is 8.02. The van der Waals surface area contributed by atoms with Crippen molar-refractivity contribution in [3.8, 4) is 11.3 Å². The predicted molar refractivity (Wildman–Crippen MR) is 110 cm³/mol. The van der Waals surface area contributed by atoms with Crippen LogP contribution in [0.15, 0.2) is 35.7 Å². The molecular formula is C20H19FN6S. The van der Waals surface area contributed by atoms with E-state index < -0.39 is 0 Å². The number of nitrogen functional groups attached to an aromatic ring is 1. The van der Waals surface area contributed by atoms with Crippen molar-refractivity contribution in [3.05, 3.63) is 52.8 Å². The Morgan fingerprint density at radius 3 is 2.79 bits per heavy atom. The normalized spacial score (nSPS) is 15.1. The molecule has 0 aliphatic heterocycles. The molecule has 0 saturated heterocycles. The van der Waals surface area contributed by atoms with Gasteiger partial charge in [-0.15, -0.1) is 11.3 Å². The van der Waals surface area contributed by atoms with E-state index in [2.05, 4.69) is 31.5 Å². The van der Waals surface area contributed by atoms with Crippen molar-refractivity contribution in [2.45, 2.75) is 31.7 Å². The van der Waals surface area contributed by atoms with Crippen molar-refractivity contribution in [1.82, 2.24) is 20.2 Å². The SMILES string of the molecule is C[C@H](Nc1nc(N)c2c(-c3cc(C4CC4)[nH]n3)csc2n1)c1ccc(F)cc1. The molecule has 0 amide bonds. The number of hydrogen-bond acceptors (Lipinski definition) is 6. The number of aromatic amines is 1. The summed E-state index contributed by atoms with van der Waals surface area (Å²) in [6.45, 7) is 1.97. The number of H-pyrrole nitrogens is 1. The second-order valence-electron chi connectivity index (χ2n) is 7.16. The monoisotopic (exact) mass is 394 g/mol. The number of halogens is 1. The average molecular weight is 394 g/mol. The lowest BCUT2D eigenvalue weighted by Gasteiger charge is -2.14. The number of nitrogens with one attached hydrogen (secondary N) is 2. The number of thiophene rings is 1. The van der Waals surface area contributed by atoms with Crippen molar-refractivity contribution in [2.24, 2.45) is 0 Å². The maximum atomic E-state index is 13.1. The lowest BCUT2D eigenvalue weighted by molar-refractivity contribution is 0.626. The molecule has 1 aliphatic rings. The van der Waals surface area contributed by atoms with Crippen LogP contribution >= 0.6 is 11.3 Å². The Hall–Kier alpha value is -3.00. The molecule has 3 aromatic heterocycles. The molecule has 142 valence electrons. The first kappa shape index (κ1) is 17.1. The summed E-state index contributed by atoms with van der Waals surface area (Å²) >= 11 is 1.52. The van der Waals surface area contributed by atoms with Crippen LogP contribution in [0.5, 0.6) is 0 Å². The topological polar surface area (TPSA) is 92.5 Å². The van der Waals surface area contributed by atoms with E-state index in [1.54, 1.807) is 12.1 Å². The maximum absolute atomic E-state index is 13.1. The second kappa shape index (κ2) is 6.56. The van der Waals surface area contributed by atoms with Crippen LogP contribution in [-0.4, -0.2) is 20.2 Å². The quantitative estimate of drug-likeness (QED) is 0.450. The average Bonchev–Trinajstić information content (AvgIpc) is 3.24. The molecule has 4 N–H and O–H groups in total. The van der Waals surface area contributed by atoms with Crippen LogP contribution in [0, 0.1) is 5.82 Å². The highest BCUT2D eigenvalue weighted by atomic mass is 32.1. The highest BCUT2D eigenvalue weighted by Gasteiger charge is 2.26. The van der Waals surface area contributed by atoms with Crippen molar-refractivity contribution >= 4 is 33.3 Å². The number of aromatic nitrogens is 4. The van der Waals surface area contributed by atoms with E-state index in [-0.39, 0.29) is 11.9 Å². The number of nitrogens with zero attached hydrogens (tertiary/aromatic N) is 3. The van der Waals surface area contributed by atoms with Gasteiger partial charge < -0.3 is 11.1 Å². The van der Waals surface area contributed by atoms with E-state index in [0.717, 1.165) is 27.0 Å². The van der Waals surface area contributed by atoms with Gasteiger partial charge >= 0.3 is 0 Å². The zero-order valence-electron chi connectivity index (χ0n) is 15.2. The Balaban J connectivity index is 1.45. The highest BCUT2D eigenvalue weighted by molar-refractivity contribution is 7.17. The summed E-state index contributed by atoms with van der Waals surface area (Å²) in [6.07, 6.45) is 2.44. The number of anilines is 2. The summed E-state index contributed by atoms with van der Waals surface area (Å²) in [5, 5.41) is 13.7. The van der Waals surface area contributed by atoms with E-state index in [1.165, 1.54) is 42.0 Å². The predicted octanol–water partition coefficient (Wildman–Crippen LogP) is 4.85. The Morgan fingerprint density at radius 2 is 2.04 bits per heavy atom. The van der Waals surface area contributed by atoms with Crippen LogP contribution in [0.1, 0.15) is 43.0 Å². The number of benzene rings is 1. The molecule has 0 unspecified atom stereocenters. The van der Waals surface area contributed by atoms with Gasteiger partial charge in [0, 0.05) is 22.6 Å². The molecule has 0 spiro atoms. The standard InChI is InChI=1S/C20H19FN6S/c1-10(11-4-6-13(21)7-5-11)23-20-24-18(22)17-14(9-28-19(17)25-20)16-8-15(26-27-16)12-2-3-12/h4-10,12H,2-3H2,1H3,(H,26,27)(H3,22,23,24,25)/t10-/m0/s1. The smallest absolute Gasteiger partial charge is 0.226 e. The number of rotatable bonds is 5. The van der Waals surface area contributed by atoms with Gasteiger partial charge in [0.1, 0.15) is 16.5 Å². The molecule has 8 heteroatoms. The largest absolute Gasteiger partial charge is 0.383 e. The van der Waals surface area contributed by atoms with Gasteiger partial charge in [-0.25, -0.2) is 9.37 Å². The molecule has 3 heterocycles. The van der Waals surface area contributed by atoms with Gasteiger partial charge in [-0.3, -0.25) is 5.10 Å². The van der Waals surface area contributed by atoms with E-state index >= 15 is 0 Å². The van der Waals surface area contributed by atoms with Crippen LogP contribution in [0.3, 0.4) is 0 Å². The maximum Gasteiger partial charge on any atom is 0.226 e. The molecule has 1 aliphatic carbocycles. The summed E-state index contributed by atoms with van der Waals surface area (Å²) in [6, 6.07) is 8.39. The van der Waals surface area contributed by atoms with Gasteiger partial charge in [0.25, 0.3) is 0 Å². The summed E-state index contributed by atoms with van der Waals surface area (Å²) in [4.78, 5) is 9.88. The highest BCUT2D eigenvalue weighted by Crippen LogP contribution is 2.42. The number of nitrogens with two attached hydrogens (primary N) is 1. The first-order valence-corrected chi connectivity index (χ1v) is 10.1. The van der Waals surface area contributed by atoms with Gasteiger partial charge in [0.15, 0.2) is 0 Å². The van der Waals surface area contributed by atoms with E-state index in [0.29, 0.717) is 17.7 Å². The van der Waals surface area contributed by atoms with Gasteiger partial charge in [-0.05, 0) is 43.5 Å². The lowest BCUT2D eigenvalue weighted by atomic mass is 10.1. The van der Waals surface area contributed by atoms with Crippen LogP contribution < -0.4 is 11.1 Å². The molecule has 0 radical (unpaired) electrons. The molecule has 4 aromatic rings. The lowest BCUT2D eigenvalue weighted by Crippen LogP contribution is -2.10. The summed E-state index contributed by atoms with van der Waals surface area (Å²) < 4.78 is 13.1. The zero-order chi connectivity index (χ0) is 19.3. The minimum absolute atomic E-state index is 0.0793. The van der Waals surface area contributed by atoms with Crippen molar-refractivity contribution in [1.29, 1.82) is 0 Å². The molecule has 1 atom stereocenters. The Labute approximate surface area is 165 Å². The van der Waals surface area contributed by atoms with E-state index in [4.69, 9.17) is 5.73 Å². The zero-order valence-corrected chi connectivity index (χ0v) is 16.1.